The second-order valence-corrected chi connectivity index (χ2v) is 9.96. The first-order chi connectivity index (χ1) is 14.8. The fourth-order valence-electron chi connectivity index (χ4n) is 3.55. The molecule has 0 bridgehead atoms. The molecule has 0 saturated carbocycles. The molecule has 1 amide bonds. The van der Waals surface area contributed by atoms with Crippen molar-refractivity contribution in [2.24, 2.45) is 13.0 Å². The predicted octanol–water partition coefficient (Wildman–Crippen LogP) is 2.41. The van der Waals surface area contributed by atoms with Gasteiger partial charge in [-0.1, -0.05) is 17.7 Å². The summed E-state index contributed by atoms with van der Waals surface area (Å²) >= 11 is 0. The number of rotatable bonds is 9. The summed E-state index contributed by atoms with van der Waals surface area (Å²) < 4.78 is 34.3. The van der Waals surface area contributed by atoms with Crippen molar-refractivity contribution in [3.8, 4) is 5.75 Å². The van der Waals surface area contributed by atoms with Crippen molar-refractivity contribution in [2.45, 2.75) is 44.6 Å². The number of ether oxygens (including phenoxy) is 1. The zero-order valence-corrected chi connectivity index (χ0v) is 19.3. The third-order valence-electron chi connectivity index (χ3n) is 5.68. The standard InChI is InChI=1S/C22H32N4O4S/c1-17-6-8-20(9-7-17)30-15-5-4-12-23-22(27)19-10-13-26(14-11-19)31(28,29)21-16-25(3)18(2)24-21/h6-9,16,19H,4-5,10-15H2,1-3H3,(H,23,27). The average molecular weight is 449 g/mol. The zero-order valence-electron chi connectivity index (χ0n) is 18.5. The number of sulfonamides is 1. The second-order valence-electron chi connectivity index (χ2n) is 8.08. The predicted molar refractivity (Wildman–Crippen MR) is 118 cm³/mol. The van der Waals surface area contributed by atoms with Crippen LogP contribution < -0.4 is 10.1 Å². The smallest absolute Gasteiger partial charge is 0.262 e. The second kappa shape index (κ2) is 10.3. The van der Waals surface area contributed by atoms with Gasteiger partial charge < -0.3 is 14.6 Å². The molecule has 1 aliphatic heterocycles. The molecule has 0 spiro atoms. The Balaban J connectivity index is 1.35. The first-order valence-electron chi connectivity index (χ1n) is 10.7. The van der Waals surface area contributed by atoms with Gasteiger partial charge in [0.25, 0.3) is 10.0 Å². The van der Waals surface area contributed by atoms with Gasteiger partial charge in [-0.25, -0.2) is 13.4 Å². The molecule has 0 atom stereocenters. The molecule has 1 saturated heterocycles. The summed E-state index contributed by atoms with van der Waals surface area (Å²) in [6.07, 6.45) is 4.27. The average Bonchev–Trinajstić information content (AvgIpc) is 3.11. The van der Waals surface area contributed by atoms with E-state index in [-0.39, 0.29) is 16.9 Å². The Morgan fingerprint density at radius 3 is 2.45 bits per heavy atom. The number of hydrogen-bond donors (Lipinski definition) is 1. The Hall–Kier alpha value is -2.39. The summed E-state index contributed by atoms with van der Waals surface area (Å²) in [5.74, 6) is 1.36. The SMILES string of the molecule is Cc1ccc(OCCCCNC(=O)C2CCN(S(=O)(=O)c3cn(C)c(C)n3)CC2)cc1. The van der Waals surface area contributed by atoms with Gasteiger partial charge in [0.1, 0.15) is 11.6 Å². The first-order valence-corrected chi connectivity index (χ1v) is 12.2. The van der Waals surface area contributed by atoms with Crippen LogP contribution in [-0.4, -0.2) is 54.4 Å². The van der Waals surface area contributed by atoms with Crippen LogP contribution in [0, 0.1) is 19.8 Å². The Labute approximate surface area is 184 Å². The minimum Gasteiger partial charge on any atom is -0.494 e. The minimum atomic E-state index is -3.61. The summed E-state index contributed by atoms with van der Waals surface area (Å²) in [5, 5.41) is 3.05. The van der Waals surface area contributed by atoms with Gasteiger partial charge in [-0.3, -0.25) is 4.79 Å². The van der Waals surface area contributed by atoms with Crippen molar-refractivity contribution >= 4 is 15.9 Å². The molecular formula is C22H32N4O4S. The normalized spacial score (nSPS) is 15.7. The van der Waals surface area contributed by atoms with Gasteiger partial charge in [0.15, 0.2) is 5.03 Å². The summed E-state index contributed by atoms with van der Waals surface area (Å²) in [6.45, 7) is 5.69. The van der Waals surface area contributed by atoms with Crippen molar-refractivity contribution < 1.29 is 17.9 Å². The molecule has 0 aliphatic carbocycles. The fraction of sp³-hybridized carbons (Fsp3) is 0.545. The van der Waals surface area contributed by atoms with Crippen LogP contribution >= 0.6 is 0 Å². The lowest BCUT2D eigenvalue weighted by Gasteiger charge is -2.29. The van der Waals surface area contributed by atoms with E-state index in [1.54, 1.807) is 18.5 Å². The number of amides is 1. The summed E-state index contributed by atoms with van der Waals surface area (Å²) in [6, 6.07) is 7.95. The Morgan fingerprint density at radius 2 is 1.84 bits per heavy atom. The summed E-state index contributed by atoms with van der Waals surface area (Å²) in [7, 11) is -1.84. The lowest BCUT2D eigenvalue weighted by Crippen LogP contribution is -2.43. The van der Waals surface area contributed by atoms with Crippen molar-refractivity contribution in [1.29, 1.82) is 0 Å². The van der Waals surface area contributed by atoms with E-state index in [0.29, 0.717) is 44.9 Å². The molecule has 2 aromatic rings. The van der Waals surface area contributed by atoms with Crippen LogP contribution in [0.25, 0.3) is 0 Å². The van der Waals surface area contributed by atoms with Crippen LogP contribution in [0.1, 0.15) is 37.1 Å². The Morgan fingerprint density at radius 1 is 1.16 bits per heavy atom. The molecule has 2 heterocycles. The van der Waals surface area contributed by atoms with Gasteiger partial charge in [-0.05, 0) is 51.7 Å². The highest BCUT2D eigenvalue weighted by atomic mass is 32.2. The van der Waals surface area contributed by atoms with E-state index in [9.17, 15) is 13.2 Å². The van der Waals surface area contributed by atoms with Gasteiger partial charge in [0, 0.05) is 38.8 Å². The van der Waals surface area contributed by atoms with Crippen LogP contribution in [-0.2, 0) is 21.9 Å². The van der Waals surface area contributed by atoms with E-state index < -0.39 is 10.0 Å². The van der Waals surface area contributed by atoms with E-state index in [2.05, 4.69) is 10.3 Å². The number of piperidine rings is 1. The van der Waals surface area contributed by atoms with Crippen molar-refractivity contribution in [3.05, 3.63) is 41.9 Å². The number of unbranched alkanes of at least 4 members (excludes halogenated alkanes) is 1. The van der Waals surface area contributed by atoms with Crippen LogP contribution in [0.15, 0.2) is 35.5 Å². The Kier molecular flexibility index (Phi) is 7.72. The molecule has 1 aromatic carbocycles. The third-order valence-corrected chi connectivity index (χ3v) is 7.45. The van der Waals surface area contributed by atoms with E-state index >= 15 is 0 Å². The fourth-order valence-corrected chi connectivity index (χ4v) is 5.04. The number of imidazole rings is 1. The molecule has 3 rings (SSSR count). The van der Waals surface area contributed by atoms with E-state index in [1.807, 2.05) is 31.2 Å². The quantitative estimate of drug-likeness (QED) is 0.595. The molecule has 0 unspecified atom stereocenters. The van der Waals surface area contributed by atoms with Crippen LogP contribution in [0.5, 0.6) is 5.75 Å². The monoisotopic (exact) mass is 448 g/mol. The maximum atomic E-state index is 12.8. The van der Waals surface area contributed by atoms with Crippen molar-refractivity contribution in [3.63, 3.8) is 0 Å². The maximum Gasteiger partial charge on any atom is 0.262 e. The van der Waals surface area contributed by atoms with Crippen molar-refractivity contribution in [1.82, 2.24) is 19.2 Å². The van der Waals surface area contributed by atoms with Gasteiger partial charge >= 0.3 is 0 Å². The summed E-state index contributed by atoms with van der Waals surface area (Å²) in [4.78, 5) is 16.6. The number of carbonyl (C=O) groups excluding carboxylic acids is 1. The van der Waals surface area contributed by atoms with Gasteiger partial charge in [-0.15, -0.1) is 0 Å². The maximum absolute atomic E-state index is 12.8. The lowest BCUT2D eigenvalue weighted by atomic mass is 9.97. The molecular weight excluding hydrogens is 416 g/mol. The molecule has 8 nitrogen and oxygen atoms in total. The number of carbonyl (C=O) groups is 1. The molecule has 1 aromatic heterocycles. The number of nitrogens with one attached hydrogen (secondary N) is 1. The molecule has 170 valence electrons. The largest absolute Gasteiger partial charge is 0.494 e. The first kappa shape index (κ1) is 23.3. The topological polar surface area (TPSA) is 93.5 Å². The van der Waals surface area contributed by atoms with E-state index in [0.717, 1.165) is 18.6 Å². The molecule has 31 heavy (non-hydrogen) atoms. The third kappa shape index (κ3) is 6.07. The zero-order chi connectivity index (χ0) is 22.4. The molecule has 1 aliphatic rings. The van der Waals surface area contributed by atoms with E-state index in [4.69, 9.17) is 4.74 Å². The van der Waals surface area contributed by atoms with Gasteiger partial charge in [-0.2, -0.15) is 4.31 Å². The number of aryl methyl sites for hydroxylation is 3. The molecule has 1 fully saturated rings. The number of hydrogen-bond acceptors (Lipinski definition) is 5. The minimum absolute atomic E-state index is 0.00480. The van der Waals surface area contributed by atoms with Crippen LogP contribution in [0.3, 0.4) is 0 Å². The van der Waals surface area contributed by atoms with Gasteiger partial charge in [0.05, 0.1) is 6.61 Å². The molecule has 9 heteroatoms. The summed E-state index contributed by atoms with van der Waals surface area (Å²) in [5.41, 5.74) is 1.20. The Bertz CT molecular complexity index is 958. The highest BCUT2D eigenvalue weighted by Gasteiger charge is 2.33. The van der Waals surface area contributed by atoms with Crippen LogP contribution in [0.2, 0.25) is 0 Å². The lowest BCUT2D eigenvalue weighted by molar-refractivity contribution is -0.126. The van der Waals surface area contributed by atoms with E-state index in [1.165, 1.54) is 16.1 Å². The van der Waals surface area contributed by atoms with Crippen LogP contribution in [0.4, 0.5) is 0 Å². The number of nitrogens with zero attached hydrogens (tertiary/aromatic N) is 3. The highest BCUT2D eigenvalue weighted by Crippen LogP contribution is 2.23. The van der Waals surface area contributed by atoms with Gasteiger partial charge in [0.2, 0.25) is 5.91 Å². The molecule has 1 N–H and O–H groups in total. The molecule has 0 radical (unpaired) electrons. The number of aromatic nitrogens is 2. The van der Waals surface area contributed by atoms with Crippen molar-refractivity contribution in [2.75, 3.05) is 26.2 Å². The number of benzene rings is 1. The highest BCUT2D eigenvalue weighted by molar-refractivity contribution is 7.89.